The van der Waals surface area contributed by atoms with E-state index in [-0.39, 0.29) is 0 Å². The van der Waals surface area contributed by atoms with Gasteiger partial charge >= 0.3 is 0 Å². The SMILES string of the molecule is c1ccc(-c2c3ccccc3c(-c3ccc(-c4ccccc4-c4cccc5ccccc45)c(-c4ccccc4-c4cccc5ccccc45)c3)c3ccccc23)cc1. The second-order valence-corrected chi connectivity index (χ2v) is 15.1. The molecule has 0 aliphatic rings. The molecular formula is C58H38. The van der Waals surface area contributed by atoms with Crippen molar-refractivity contribution in [1.82, 2.24) is 0 Å². The second-order valence-electron chi connectivity index (χ2n) is 15.1. The summed E-state index contributed by atoms with van der Waals surface area (Å²) in [6, 6.07) is 84.7. The summed E-state index contributed by atoms with van der Waals surface area (Å²) in [5.74, 6) is 0. The third kappa shape index (κ3) is 5.61. The quantitative estimate of drug-likeness (QED) is 0.149. The lowest BCUT2D eigenvalue weighted by atomic mass is 9.82. The molecule has 270 valence electrons. The molecule has 0 spiro atoms. The minimum absolute atomic E-state index is 1.20. The minimum Gasteiger partial charge on any atom is -0.0622 e. The highest BCUT2D eigenvalue weighted by atomic mass is 14.2. The van der Waals surface area contributed by atoms with Crippen molar-refractivity contribution in [2.24, 2.45) is 0 Å². The Hall–Kier alpha value is -7.54. The van der Waals surface area contributed by atoms with Crippen molar-refractivity contribution in [2.75, 3.05) is 0 Å². The molecule has 0 unspecified atom stereocenters. The Morgan fingerprint density at radius 2 is 0.500 bits per heavy atom. The van der Waals surface area contributed by atoms with Gasteiger partial charge in [0.2, 0.25) is 0 Å². The third-order valence-corrected chi connectivity index (χ3v) is 11.9. The molecule has 0 aliphatic carbocycles. The van der Waals surface area contributed by atoms with E-state index in [2.05, 4.69) is 231 Å². The molecule has 0 nitrogen and oxygen atoms in total. The fourth-order valence-electron chi connectivity index (χ4n) is 9.34. The molecule has 0 radical (unpaired) electrons. The van der Waals surface area contributed by atoms with E-state index in [1.54, 1.807) is 0 Å². The zero-order chi connectivity index (χ0) is 38.4. The summed E-state index contributed by atoms with van der Waals surface area (Å²) < 4.78 is 0. The van der Waals surface area contributed by atoms with E-state index in [0.29, 0.717) is 0 Å². The predicted molar refractivity (Wildman–Crippen MR) is 249 cm³/mol. The van der Waals surface area contributed by atoms with E-state index < -0.39 is 0 Å². The van der Waals surface area contributed by atoms with E-state index in [1.165, 1.54) is 110 Å². The van der Waals surface area contributed by atoms with Crippen LogP contribution in [0.15, 0.2) is 231 Å². The van der Waals surface area contributed by atoms with Gasteiger partial charge in [-0.1, -0.05) is 224 Å². The average Bonchev–Trinajstić information content (AvgIpc) is 3.30. The van der Waals surface area contributed by atoms with E-state index in [0.717, 1.165) is 0 Å². The molecule has 0 heterocycles. The van der Waals surface area contributed by atoms with Gasteiger partial charge < -0.3 is 0 Å². The van der Waals surface area contributed by atoms with Crippen molar-refractivity contribution in [2.45, 2.75) is 0 Å². The van der Waals surface area contributed by atoms with Crippen LogP contribution < -0.4 is 0 Å². The van der Waals surface area contributed by atoms with Crippen LogP contribution in [-0.2, 0) is 0 Å². The summed E-state index contributed by atoms with van der Waals surface area (Å²) in [7, 11) is 0. The first-order chi connectivity index (χ1) is 28.8. The smallest absolute Gasteiger partial charge is 0.00261 e. The van der Waals surface area contributed by atoms with Crippen LogP contribution in [0.3, 0.4) is 0 Å². The zero-order valence-electron chi connectivity index (χ0n) is 31.9. The van der Waals surface area contributed by atoms with Crippen molar-refractivity contribution in [3.8, 4) is 66.8 Å². The highest BCUT2D eigenvalue weighted by Gasteiger charge is 2.21. The van der Waals surface area contributed by atoms with Gasteiger partial charge in [0.05, 0.1) is 0 Å². The first-order valence-corrected chi connectivity index (χ1v) is 20.1. The van der Waals surface area contributed by atoms with Crippen molar-refractivity contribution in [3.63, 3.8) is 0 Å². The molecule has 0 heteroatoms. The van der Waals surface area contributed by atoms with Crippen LogP contribution in [0.1, 0.15) is 0 Å². The fourth-order valence-corrected chi connectivity index (χ4v) is 9.34. The number of hydrogen-bond acceptors (Lipinski definition) is 0. The summed E-state index contributed by atoms with van der Waals surface area (Å²) >= 11 is 0. The van der Waals surface area contributed by atoms with E-state index in [1.807, 2.05) is 0 Å². The minimum atomic E-state index is 1.20. The summed E-state index contributed by atoms with van der Waals surface area (Å²) in [4.78, 5) is 0. The molecule has 58 heavy (non-hydrogen) atoms. The average molecular weight is 735 g/mol. The molecule has 11 rings (SSSR count). The zero-order valence-corrected chi connectivity index (χ0v) is 31.9. The molecule has 0 saturated heterocycles. The lowest BCUT2D eigenvalue weighted by Crippen LogP contribution is -1.95. The van der Waals surface area contributed by atoms with Gasteiger partial charge in [0.25, 0.3) is 0 Å². The Kier molecular flexibility index (Phi) is 8.26. The second kappa shape index (κ2) is 14.2. The predicted octanol–water partition coefficient (Wildman–Crippen LogP) is 16.3. The number of fused-ring (bicyclic) bond motifs is 4. The van der Waals surface area contributed by atoms with Crippen molar-refractivity contribution < 1.29 is 0 Å². The van der Waals surface area contributed by atoms with Crippen LogP contribution in [0.2, 0.25) is 0 Å². The van der Waals surface area contributed by atoms with Gasteiger partial charge in [-0.2, -0.15) is 0 Å². The lowest BCUT2D eigenvalue weighted by Gasteiger charge is -2.21. The van der Waals surface area contributed by atoms with Gasteiger partial charge in [-0.25, -0.2) is 0 Å². The van der Waals surface area contributed by atoms with Gasteiger partial charge in [0, 0.05) is 0 Å². The van der Waals surface area contributed by atoms with E-state index in [4.69, 9.17) is 0 Å². The first-order valence-electron chi connectivity index (χ1n) is 20.1. The Morgan fingerprint density at radius 3 is 1.00 bits per heavy atom. The Balaban J connectivity index is 1.23. The maximum absolute atomic E-state index is 2.47. The van der Waals surface area contributed by atoms with Crippen molar-refractivity contribution >= 4 is 43.1 Å². The molecule has 0 aliphatic heterocycles. The molecule has 0 saturated carbocycles. The number of hydrogen-bond donors (Lipinski definition) is 0. The molecule has 0 bridgehead atoms. The van der Waals surface area contributed by atoms with Gasteiger partial charge in [-0.3, -0.25) is 0 Å². The van der Waals surface area contributed by atoms with Crippen molar-refractivity contribution in [1.29, 1.82) is 0 Å². The molecule has 11 aromatic rings. The topological polar surface area (TPSA) is 0 Å². The van der Waals surface area contributed by atoms with Crippen LogP contribution in [0.25, 0.3) is 110 Å². The van der Waals surface area contributed by atoms with Gasteiger partial charge in [-0.05, 0) is 116 Å². The number of benzene rings is 11. The van der Waals surface area contributed by atoms with E-state index >= 15 is 0 Å². The van der Waals surface area contributed by atoms with Crippen LogP contribution in [-0.4, -0.2) is 0 Å². The summed E-state index contributed by atoms with van der Waals surface area (Å²) in [6.45, 7) is 0. The molecule has 11 aromatic carbocycles. The molecule has 0 fully saturated rings. The molecule has 0 atom stereocenters. The highest BCUT2D eigenvalue weighted by Crippen LogP contribution is 2.48. The summed E-state index contributed by atoms with van der Waals surface area (Å²) in [5, 5.41) is 9.99. The van der Waals surface area contributed by atoms with E-state index in [9.17, 15) is 0 Å². The third-order valence-electron chi connectivity index (χ3n) is 11.9. The van der Waals surface area contributed by atoms with Crippen LogP contribution in [0.5, 0.6) is 0 Å². The van der Waals surface area contributed by atoms with Gasteiger partial charge in [-0.15, -0.1) is 0 Å². The molecule has 0 amide bonds. The lowest BCUT2D eigenvalue weighted by molar-refractivity contribution is 1.56. The highest BCUT2D eigenvalue weighted by molar-refractivity contribution is 6.22. The molecule has 0 aromatic heterocycles. The standard InChI is InChI=1S/C58H38/c1-2-20-41(21-3-1)57-52-30-12-14-32-54(52)58(55-33-15-13-31-53(55)57)42-36-37-51(49-28-9-8-26-47(49)45-34-16-22-39-18-4-6-24-43(39)45)56(38-42)50-29-11-10-27-48(50)46-35-17-23-40-19-5-7-25-44(40)46/h1-38H. The first kappa shape index (κ1) is 33.8. The fraction of sp³-hybridized carbons (Fsp3) is 0. The Bertz CT molecular complexity index is 3270. The molecular weight excluding hydrogens is 697 g/mol. The van der Waals surface area contributed by atoms with Gasteiger partial charge in [0.15, 0.2) is 0 Å². The summed E-state index contributed by atoms with van der Waals surface area (Å²) in [5.41, 5.74) is 14.7. The van der Waals surface area contributed by atoms with Crippen molar-refractivity contribution in [3.05, 3.63) is 231 Å². The Morgan fingerprint density at radius 1 is 0.172 bits per heavy atom. The monoisotopic (exact) mass is 734 g/mol. The summed E-state index contributed by atoms with van der Waals surface area (Å²) in [6.07, 6.45) is 0. The largest absolute Gasteiger partial charge is 0.0622 e. The molecule has 0 N–H and O–H groups in total. The van der Waals surface area contributed by atoms with Crippen LogP contribution in [0.4, 0.5) is 0 Å². The number of rotatable bonds is 6. The van der Waals surface area contributed by atoms with Crippen LogP contribution >= 0.6 is 0 Å². The van der Waals surface area contributed by atoms with Crippen LogP contribution in [0, 0.1) is 0 Å². The normalized spacial score (nSPS) is 11.4. The Labute approximate surface area is 339 Å². The maximum Gasteiger partial charge on any atom is -0.00261 e. The van der Waals surface area contributed by atoms with Gasteiger partial charge in [0.1, 0.15) is 0 Å². The maximum atomic E-state index is 2.47.